The Balaban J connectivity index is 4.11. The van der Waals surface area contributed by atoms with Crippen LogP contribution in [0, 0.1) is 5.92 Å². The molecule has 2 heteroatoms. The van der Waals surface area contributed by atoms with Crippen molar-refractivity contribution in [1.82, 2.24) is 0 Å². The van der Waals surface area contributed by atoms with Crippen molar-refractivity contribution in [3.8, 4) is 0 Å². The summed E-state index contributed by atoms with van der Waals surface area (Å²) in [4.78, 5) is 0. The van der Waals surface area contributed by atoms with Crippen LogP contribution < -0.4 is 0 Å². The van der Waals surface area contributed by atoms with Crippen LogP contribution in [0.4, 0.5) is 0 Å². The molecule has 0 spiro atoms. The maximum absolute atomic E-state index is 10.2. The van der Waals surface area contributed by atoms with Gasteiger partial charge in [-0.2, -0.15) is 0 Å². The lowest BCUT2D eigenvalue weighted by molar-refractivity contribution is -0.0110. The quantitative estimate of drug-likeness (QED) is 0.635. The van der Waals surface area contributed by atoms with Gasteiger partial charge in [-0.15, -0.1) is 0 Å². The SMILES string of the molecule is CCCC(CC)CC(O)(CC)CCO. The largest absolute Gasteiger partial charge is 0.396 e. The van der Waals surface area contributed by atoms with Crippen molar-refractivity contribution in [2.24, 2.45) is 5.92 Å². The highest BCUT2D eigenvalue weighted by atomic mass is 16.3. The molecule has 0 aliphatic carbocycles. The molecule has 0 heterocycles. The fourth-order valence-corrected chi connectivity index (χ4v) is 2.03. The van der Waals surface area contributed by atoms with Gasteiger partial charge in [-0.05, 0) is 25.2 Å². The summed E-state index contributed by atoms with van der Waals surface area (Å²) in [6.45, 7) is 6.44. The fourth-order valence-electron chi connectivity index (χ4n) is 2.03. The van der Waals surface area contributed by atoms with Crippen LogP contribution in [-0.2, 0) is 0 Å². The molecule has 0 saturated carbocycles. The van der Waals surface area contributed by atoms with Gasteiger partial charge in [0.25, 0.3) is 0 Å². The summed E-state index contributed by atoms with van der Waals surface area (Å²) in [6, 6.07) is 0. The van der Waals surface area contributed by atoms with Crippen LogP contribution >= 0.6 is 0 Å². The van der Waals surface area contributed by atoms with E-state index in [1.165, 1.54) is 12.8 Å². The van der Waals surface area contributed by atoms with Crippen molar-refractivity contribution >= 4 is 0 Å². The zero-order valence-electron chi connectivity index (χ0n) is 9.92. The Morgan fingerprint density at radius 2 is 1.86 bits per heavy atom. The second-order valence-electron chi connectivity index (χ2n) is 4.32. The van der Waals surface area contributed by atoms with E-state index in [-0.39, 0.29) is 6.61 Å². The molecule has 0 saturated heterocycles. The number of rotatable bonds is 8. The van der Waals surface area contributed by atoms with Gasteiger partial charge in [0.15, 0.2) is 0 Å². The van der Waals surface area contributed by atoms with E-state index < -0.39 is 5.60 Å². The minimum absolute atomic E-state index is 0.0902. The monoisotopic (exact) mass is 202 g/mol. The van der Waals surface area contributed by atoms with E-state index >= 15 is 0 Å². The Bertz CT molecular complexity index is 136. The van der Waals surface area contributed by atoms with E-state index in [1.807, 2.05) is 6.92 Å². The summed E-state index contributed by atoms with van der Waals surface area (Å²) in [5.74, 6) is 0.608. The first kappa shape index (κ1) is 13.9. The van der Waals surface area contributed by atoms with Crippen LogP contribution in [0.25, 0.3) is 0 Å². The Kier molecular flexibility index (Phi) is 7.20. The van der Waals surface area contributed by atoms with Gasteiger partial charge in [0.2, 0.25) is 0 Å². The number of hydrogen-bond donors (Lipinski definition) is 2. The van der Waals surface area contributed by atoms with Crippen molar-refractivity contribution in [1.29, 1.82) is 0 Å². The molecule has 0 bridgehead atoms. The molecule has 0 aliphatic heterocycles. The second kappa shape index (κ2) is 7.24. The van der Waals surface area contributed by atoms with Crippen molar-refractivity contribution in [3.63, 3.8) is 0 Å². The molecule has 14 heavy (non-hydrogen) atoms. The zero-order chi connectivity index (χ0) is 11.0. The summed E-state index contributed by atoms with van der Waals surface area (Å²) in [6.07, 6.45) is 5.59. The lowest BCUT2D eigenvalue weighted by Crippen LogP contribution is -2.31. The fraction of sp³-hybridized carbons (Fsp3) is 1.00. The number of aliphatic hydroxyl groups is 2. The van der Waals surface area contributed by atoms with Gasteiger partial charge >= 0.3 is 0 Å². The summed E-state index contributed by atoms with van der Waals surface area (Å²) in [5.41, 5.74) is -0.634. The first-order chi connectivity index (χ1) is 6.61. The third-order valence-corrected chi connectivity index (χ3v) is 3.18. The van der Waals surface area contributed by atoms with Gasteiger partial charge in [0.1, 0.15) is 0 Å². The van der Waals surface area contributed by atoms with Crippen LogP contribution in [0.15, 0.2) is 0 Å². The van der Waals surface area contributed by atoms with E-state index in [9.17, 15) is 5.11 Å². The smallest absolute Gasteiger partial charge is 0.0669 e. The Labute approximate surface area is 88.3 Å². The molecule has 2 atom stereocenters. The molecule has 2 unspecified atom stereocenters. The number of hydrogen-bond acceptors (Lipinski definition) is 2. The van der Waals surface area contributed by atoms with E-state index in [0.29, 0.717) is 12.3 Å². The van der Waals surface area contributed by atoms with Gasteiger partial charge in [-0.25, -0.2) is 0 Å². The molecule has 0 aromatic rings. The normalized spacial score (nSPS) is 17.8. The lowest BCUT2D eigenvalue weighted by Gasteiger charge is -2.30. The van der Waals surface area contributed by atoms with Gasteiger partial charge in [-0.3, -0.25) is 0 Å². The predicted octanol–water partition coefficient (Wildman–Crippen LogP) is 2.73. The average molecular weight is 202 g/mol. The molecule has 0 aliphatic rings. The Hall–Kier alpha value is -0.0800. The van der Waals surface area contributed by atoms with Gasteiger partial charge in [-0.1, -0.05) is 40.0 Å². The van der Waals surface area contributed by atoms with Gasteiger partial charge in [0.05, 0.1) is 5.60 Å². The molecule has 0 fully saturated rings. The molecule has 2 N–H and O–H groups in total. The van der Waals surface area contributed by atoms with Crippen molar-refractivity contribution in [3.05, 3.63) is 0 Å². The molecule has 2 nitrogen and oxygen atoms in total. The van der Waals surface area contributed by atoms with Crippen LogP contribution in [0.3, 0.4) is 0 Å². The van der Waals surface area contributed by atoms with Crippen molar-refractivity contribution in [2.45, 2.75) is 64.9 Å². The van der Waals surface area contributed by atoms with Gasteiger partial charge < -0.3 is 10.2 Å². The summed E-state index contributed by atoms with van der Waals surface area (Å²) in [7, 11) is 0. The molecular formula is C12H26O2. The maximum Gasteiger partial charge on any atom is 0.0669 e. The highest BCUT2D eigenvalue weighted by molar-refractivity contribution is 4.79. The Morgan fingerprint density at radius 1 is 1.21 bits per heavy atom. The summed E-state index contributed by atoms with van der Waals surface area (Å²) >= 11 is 0. The van der Waals surface area contributed by atoms with Crippen LogP contribution in [0.5, 0.6) is 0 Å². The minimum Gasteiger partial charge on any atom is -0.396 e. The Morgan fingerprint density at radius 3 is 2.21 bits per heavy atom. The third kappa shape index (κ3) is 4.97. The summed E-state index contributed by atoms with van der Waals surface area (Å²) in [5, 5.41) is 19.1. The minimum atomic E-state index is -0.634. The molecule has 0 rings (SSSR count). The topological polar surface area (TPSA) is 40.5 Å². The highest BCUT2D eigenvalue weighted by Crippen LogP contribution is 2.28. The number of aliphatic hydroxyl groups excluding tert-OH is 1. The molecule has 0 amide bonds. The zero-order valence-corrected chi connectivity index (χ0v) is 9.92. The third-order valence-electron chi connectivity index (χ3n) is 3.18. The highest BCUT2D eigenvalue weighted by Gasteiger charge is 2.26. The molecule has 0 aromatic carbocycles. The molecule has 0 aromatic heterocycles. The first-order valence-corrected chi connectivity index (χ1v) is 5.95. The van der Waals surface area contributed by atoms with Crippen molar-refractivity contribution < 1.29 is 10.2 Å². The van der Waals surface area contributed by atoms with E-state index in [0.717, 1.165) is 19.3 Å². The molecule has 0 radical (unpaired) electrons. The standard InChI is InChI=1S/C12H26O2/c1-4-7-11(5-2)10-12(14,6-3)8-9-13/h11,13-14H,4-10H2,1-3H3. The van der Waals surface area contributed by atoms with Crippen LogP contribution in [0.1, 0.15) is 59.3 Å². The molecule has 86 valence electrons. The second-order valence-corrected chi connectivity index (χ2v) is 4.32. The first-order valence-electron chi connectivity index (χ1n) is 5.95. The lowest BCUT2D eigenvalue weighted by atomic mass is 9.83. The van der Waals surface area contributed by atoms with E-state index in [2.05, 4.69) is 13.8 Å². The molecular weight excluding hydrogens is 176 g/mol. The maximum atomic E-state index is 10.2. The average Bonchev–Trinajstić information content (AvgIpc) is 2.17. The van der Waals surface area contributed by atoms with Crippen molar-refractivity contribution in [2.75, 3.05) is 6.61 Å². The van der Waals surface area contributed by atoms with E-state index in [4.69, 9.17) is 5.11 Å². The van der Waals surface area contributed by atoms with E-state index in [1.54, 1.807) is 0 Å². The predicted molar refractivity (Wildman–Crippen MR) is 60.2 cm³/mol. The van der Waals surface area contributed by atoms with Gasteiger partial charge in [0, 0.05) is 6.61 Å². The van der Waals surface area contributed by atoms with Crippen LogP contribution in [-0.4, -0.2) is 22.4 Å². The van der Waals surface area contributed by atoms with Crippen LogP contribution in [0.2, 0.25) is 0 Å². The summed E-state index contributed by atoms with van der Waals surface area (Å²) < 4.78 is 0.